The Kier molecular flexibility index (Phi) is 24.2. The van der Waals surface area contributed by atoms with Gasteiger partial charge < -0.3 is 5.32 Å². The molecule has 0 unspecified atom stereocenters. The van der Waals surface area contributed by atoms with E-state index in [-0.39, 0.29) is 0 Å². The highest BCUT2D eigenvalue weighted by molar-refractivity contribution is 4.16. The summed E-state index contributed by atoms with van der Waals surface area (Å²) in [7, 11) is 10.5. The van der Waals surface area contributed by atoms with Gasteiger partial charge in [0.05, 0.1) is 5.29 Å². The van der Waals surface area contributed by atoms with Gasteiger partial charge in [-0.3, -0.25) is 15.9 Å². The summed E-state index contributed by atoms with van der Waals surface area (Å²) in [6, 6.07) is 0. The zero-order valence-electron chi connectivity index (χ0n) is 8.83. The second-order valence-electron chi connectivity index (χ2n) is 2.39. The molecule has 0 fully saturated rings. The molecule has 0 aliphatic rings. The average molecular weight is 179 g/mol. The predicted octanol–water partition coefficient (Wildman–Crippen LogP) is -0.513. The second kappa shape index (κ2) is 16.7. The molecule has 12 heavy (non-hydrogen) atoms. The smallest absolute Gasteiger partial charge is 0.0518 e. The van der Waals surface area contributed by atoms with Crippen LogP contribution in [-0.4, -0.2) is 52.3 Å². The summed E-state index contributed by atoms with van der Waals surface area (Å²) in [6.45, 7) is 0. The van der Waals surface area contributed by atoms with Crippen LogP contribution in [-0.2, 0) is 0 Å². The molecule has 6 nitrogen and oxygen atoms in total. The summed E-state index contributed by atoms with van der Waals surface area (Å²) < 4.78 is 0. The topological polar surface area (TPSA) is 74.0 Å². The molecular weight excluding hydrogens is 158 g/mol. The Balaban J connectivity index is -0.000000105. The standard InChI is InChI=1S/C2H6N2O.C2H8N2.C2H7N/c1-4(2)3-5;1-4(2)3;1-3-2/h1-2H3;3H2,1-2H3;3H,1-2H3. The van der Waals surface area contributed by atoms with E-state index < -0.39 is 0 Å². The van der Waals surface area contributed by atoms with Crippen LogP contribution in [0.4, 0.5) is 0 Å². The van der Waals surface area contributed by atoms with Crippen molar-refractivity contribution in [2.75, 3.05) is 42.3 Å². The monoisotopic (exact) mass is 179 g/mol. The second-order valence-corrected chi connectivity index (χ2v) is 2.39. The Labute approximate surface area is 74.6 Å². The number of nitrogens with zero attached hydrogens (tertiary/aromatic N) is 3. The first-order chi connectivity index (χ1) is 5.42. The van der Waals surface area contributed by atoms with Crippen LogP contribution < -0.4 is 11.2 Å². The minimum atomic E-state index is 1.19. The summed E-state index contributed by atoms with van der Waals surface area (Å²) in [5, 5.41) is 7.92. The molecule has 76 valence electrons. The fourth-order valence-corrected chi connectivity index (χ4v) is 0. The first kappa shape index (κ1) is 17.4. The molecule has 0 aromatic heterocycles. The maximum absolute atomic E-state index is 9.18. The van der Waals surface area contributed by atoms with Gasteiger partial charge in [0.15, 0.2) is 0 Å². The van der Waals surface area contributed by atoms with Gasteiger partial charge in [0, 0.05) is 28.2 Å². The lowest BCUT2D eigenvalue weighted by atomic mass is 11.2. The van der Waals surface area contributed by atoms with Crippen molar-refractivity contribution >= 4 is 0 Å². The van der Waals surface area contributed by atoms with Gasteiger partial charge in [-0.1, -0.05) is 0 Å². The molecule has 0 atom stereocenters. The van der Waals surface area contributed by atoms with Gasteiger partial charge in [0.25, 0.3) is 0 Å². The van der Waals surface area contributed by atoms with Crippen molar-refractivity contribution < 1.29 is 0 Å². The van der Waals surface area contributed by atoms with Crippen molar-refractivity contribution in [3.8, 4) is 0 Å². The summed E-state index contributed by atoms with van der Waals surface area (Å²) in [6.07, 6.45) is 0. The number of nitrogens with one attached hydrogen (secondary N) is 1. The summed E-state index contributed by atoms with van der Waals surface area (Å²) in [4.78, 5) is 9.18. The molecule has 0 saturated heterocycles. The van der Waals surface area contributed by atoms with Crippen LogP contribution in [0.15, 0.2) is 5.29 Å². The highest BCUT2D eigenvalue weighted by Crippen LogP contribution is 1.64. The van der Waals surface area contributed by atoms with E-state index in [2.05, 4.69) is 10.6 Å². The van der Waals surface area contributed by atoms with E-state index in [1.807, 2.05) is 14.1 Å². The van der Waals surface area contributed by atoms with Gasteiger partial charge in [-0.2, -0.15) is 0 Å². The van der Waals surface area contributed by atoms with Crippen LogP contribution in [0.3, 0.4) is 0 Å². The first-order valence-corrected chi connectivity index (χ1v) is 3.43. The van der Waals surface area contributed by atoms with Crippen molar-refractivity contribution in [1.82, 2.24) is 15.3 Å². The molecule has 0 radical (unpaired) electrons. The maximum atomic E-state index is 9.18. The van der Waals surface area contributed by atoms with E-state index in [4.69, 9.17) is 5.84 Å². The molecule has 0 rings (SSSR count). The van der Waals surface area contributed by atoms with E-state index in [1.165, 1.54) is 10.0 Å². The Bertz CT molecular complexity index is 73.6. The van der Waals surface area contributed by atoms with Crippen molar-refractivity contribution in [2.24, 2.45) is 11.1 Å². The first-order valence-electron chi connectivity index (χ1n) is 3.43. The summed E-state index contributed by atoms with van der Waals surface area (Å²) in [5.41, 5.74) is 0. The van der Waals surface area contributed by atoms with Crippen LogP contribution in [0.5, 0.6) is 0 Å². The Morgan fingerprint density at radius 2 is 1.25 bits per heavy atom. The molecule has 0 heterocycles. The predicted molar refractivity (Wildman–Crippen MR) is 52.3 cm³/mol. The van der Waals surface area contributed by atoms with E-state index in [0.717, 1.165) is 0 Å². The number of nitrogens with two attached hydrogens (primary N) is 1. The van der Waals surface area contributed by atoms with E-state index >= 15 is 0 Å². The van der Waals surface area contributed by atoms with Crippen molar-refractivity contribution in [3.05, 3.63) is 4.91 Å². The van der Waals surface area contributed by atoms with Gasteiger partial charge in [0.1, 0.15) is 0 Å². The molecule has 0 spiro atoms. The van der Waals surface area contributed by atoms with E-state index in [1.54, 1.807) is 28.2 Å². The van der Waals surface area contributed by atoms with E-state index in [0.29, 0.717) is 0 Å². The highest BCUT2D eigenvalue weighted by Gasteiger charge is 1.68. The van der Waals surface area contributed by atoms with Gasteiger partial charge in [-0.25, -0.2) is 0 Å². The maximum Gasteiger partial charge on any atom is 0.0518 e. The van der Waals surface area contributed by atoms with Gasteiger partial charge in [-0.05, 0) is 14.1 Å². The lowest BCUT2D eigenvalue weighted by molar-refractivity contribution is 0.431. The third-order valence-corrected chi connectivity index (χ3v) is 0.163. The summed E-state index contributed by atoms with van der Waals surface area (Å²) in [5.74, 6) is 4.94. The number of rotatable bonds is 1. The molecule has 0 amide bonds. The molecule has 0 bridgehead atoms. The Morgan fingerprint density at radius 3 is 1.25 bits per heavy atom. The number of nitroso groups, excluding NO2 is 1. The highest BCUT2D eigenvalue weighted by atomic mass is 16.3. The van der Waals surface area contributed by atoms with Crippen molar-refractivity contribution in [1.29, 1.82) is 0 Å². The average Bonchev–Trinajstić information content (AvgIpc) is 1.88. The largest absolute Gasteiger partial charge is 0.323 e. The van der Waals surface area contributed by atoms with Crippen LogP contribution in [0.2, 0.25) is 0 Å². The lowest BCUT2D eigenvalue weighted by Gasteiger charge is -1.91. The third-order valence-electron chi connectivity index (χ3n) is 0.163. The SMILES string of the molecule is CN(C)N.CN(C)N=O.CNC. The van der Waals surface area contributed by atoms with Crippen LogP contribution in [0, 0.1) is 4.91 Å². The molecule has 3 N–H and O–H groups in total. The third kappa shape index (κ3) is 388. The molecule has 0 aliphatic carbocycles. The minimum Gasteiger partial charge on any atom is -0.323 e. The number of hydrogen-bond acceptors (Lipinski definition) is 5. The van der Waals surface area contributed by atoms with Crippen LogP contribution in [0.1, 0.15) is 0 Å². The zero-order valence-corrected chi connectivity index (χ0v) is 8.83. The van der Waals surface area contributed by atoms with Gasteiger partial charge in [0.2, 0.25) is 0 Å². The molecule has 6 heteroatoms. The van der Waals surface area contributed by atoms with Crippen LogP contribution in [0.25, 0.3) is 0 Å². The Morgan fingerprint density at radius 1 is 1.17 bits per heavy atom. The van der Waals surface area contributed by atoms with Gasteiger partial charge >= 0.3 is 0 Å². The van der Waals surface area contributed by atoms with Gasteiger partial charge in [-0.15, -0.1) is 4.91 Å². The minimum absolute atomic E-state index is 1.19. The fourth-order valence-electron chi connectivity index (χ4n) is 0. The molecule has 0 saturated carbocycles. The summed E-state index contributed by atoms with van der Waals surface area (Å²) >= 11 is 0. The number of hydrogen-bond donors (Lipinski definition) is 2. The molecule has 0 aromatic carbocycles. The molecular formula is C6H21N5O. The van der Waals surface area contributed by atoms with E-state index in [9.17, 15) is 4.91 Å². The van der Waals surface area contributed by atoms with Crippen molar-refractivity contribution in [2.45, 2.75) is 0 Å². The van der Waals surface area contributed by atoms with Crippen LogP contribution >= 0.6 is 0 Å². The fraction of sp³-hybridized carbons (Fsp3) is 1.00. The quantitative estimate of drug-likeness (QED) is 0.322. The lowest BCUT2D eigenvalue weighted by Crippen LogP contribution is -2.18. The number of hydrazine groups is 1. The van der Waals surface area contributed by atoms with Crippen molar-refractivity contribution in [3.63, 3.8) is 0 Å². The molecule has 0 aliphatic heterocycles. The normalized spacial score (nSPS) is 7.33. The zero-order chi connectivity index (χ0) is 10.6. The Hall–Kier alpha value is -0.720. The molecule has 0 aromatic rings.